The second-order valence-electron chi connectivity index (χ2n) is 5.78. The number of fused-ring (bicyclic) bond motifs is 1. The summed E-state index contributed by atoms with van der Waals surface area (Å²) in [6.45, 7) is 2.02. The Morgan fingerprint density at radius 1 is 1.08 bits per heavy atom. The van der Waals surface area contributed by atoms with Gasteiger partial charge in [-0.2, -0.15) is 4.31 Å². The SMILES string of the molecule is O=S(=O)(c1c[nH]c2ncccc12)N1CCN(c2ccnc(Cl)c2)CC1. The molecule has 0 spiro atoms. The fourth-order valence-electron chi connectivity index (χ4n) is 3.06. The fourth-order valence-corrected chi connectivity index (χ4v) is 4.80. The lowest BCUT2D eigenvalue weighted by molar-refractivity contribution is 0.385. The van der Waals surface area contributed by atoms with Crippen molar-refractivity contribution in [1.29, 1.82) is 0 Å². The minimum atomic E-state index is -3.56. The van der Waals surface area contributed by atoms with E-state index in [9.17, 15) is 8.42 Å². The molecule has 1 aliphatic rings. The summed E-state index contributed by atoms with van der Waals surface area (Å²) < 4.78 is 27.5. The van der Waals surface area contributed by atoms with Gasteiger partial charge in [-0.1, -0.05) is 11.6 Å². The Hall–Kier alpha value is -2.16. The first kappa shape index (κ1) is 16.3. The number of anilines is 1. The van der Waals surface area contributed by atoms with Gasteiger partial charge in [-0.15, -0.1) is 0 Å². The lowest BCUT2D eigenvalue weighted by Crippen LogP contribution is -2.48. The molecule has 0 atom stereocenters. The third-order valence-corrected chi connectivity index (χ3v) is 6.49. The monoisotopic (exact) mass is 377 g/mol. The molecule has 1 N–H and O–H groups in total. The van der Waals surface area contributed by atoms with E-state index in [4.69, 9.17) is 11.6 Å². The molecule has 4 rings (SSSR count). The normalized spacial score (nSPS) is 16.4. The van der Waals surface area contributed by atoms with Gasteiger partial charge in [-0.25, -0.2) is 18.4 Å². The van der Waals surface area contributed by atoms with Gasteiger partial charge in [0.15, 0.2) is 0 Å². The number of aromatic amines is 1. The molecule has 9 heteroatoms. The van der Waals surface area contributed by atoms with E-state index in [1.54, 1.807) is 30.6 Å². The predicted molar refractivity (Wildman–Crippen MR) is 96.3 cm³/mol. The molecule has 25 heavy (non-hydrogen) atoms. The fraction of sp³-hybridized carbons (Fsp3) is 0.250. The molecule has 4 heterocycles. The van der Waals surface area contributed by atoms with Crippen molar-refractivity contribution < 1.29 is 8.42 Å². The highest BCUT2D eigenvalue weighted by atomic mass is 35.5. The summed E-state index contributed by atoms with van der Waals surface area (Å²) in [7, 11) is -3.56. The lowest BCUT2D eigenvalue weighted by atomic mass is 10.3. The van der Waals surface area contributed by atoms with Crippen molar-refractivity contribution in [3.05, 3.63) is 48.0 Å². The van der Waals surface area contributed by atoms with Gasteiger partial charge in [-0.05, 0) is 24.3 Å². The van der Waals surface area contributed by atoms with E-state index in [0.717, 1.165) is 5.69 Å². The Kier molecular flexibility index (Phi) is 4.10. The maximum absolute atomic E-state index is 13.0. The molecule has 0 aliphatic carbocycles. The molecule has 1 fully saturated rings. The quantitative estimate of drug-likeness (QED) is 0.707. The van der Waals surface area contributed by atoms with Crippen LogP contribution in [0.5, 0.6) is 0 Å². The first-order valence-electron chi connectivity index (χ1n) is 7.84. The minimum absolute atomic E-state index is 0.274. The molecule has 0 aromatic carbocycles. The van der Waals surface area contributed by atoms with Gasteiger partial charge in [0.2, 0.25) is 10.0 Å². The van der Waals surface area contributed by atoms with Crippen LogP contribution in [0.2, 0.25) is 5.15 Å². The molecule has 0 unspecified atom stereocenters. The van der Waals surface area contributed by atoms with Crippen molar-refractivity contribution >= 4 is 38.3 Å². The number of pyridine rings is 2. The highest BCUT2D eigenvalue weighted by molar-refractivity contribution is 7.89. The molecule has 3 aromatic rings. The number of sulfonamides is 1. The van der Waals surface area contributed by atoms with Crippen LogP contribution in [0.25, 0.3) is 11.0 Å². The van der Waals surface area contributed by atoms with Crippen LogP contribution in [-0.2, 0) is 10.0 Å². The number of hydrogen-bond acceptors (Lipinski definition) is 5. The first-order valence-corrected chi connectivity index (χ1v) is 9.66. The van der Waals surface area contributed by atoms with Crippen LogP contribution in [0.1, 0.15) is 0 Å². The van der Waals surface area contributed by atoms with Gasteiger partial charge >= 0.3 is 0 Å². The van der Waals surface area contributed by atoms with Crippen LogP contribution in [0, 0.1) is 0 Å². The zero-order valence-electron chi connectivity index (χ0n) is 13.3. The number of piperazine rings is 1. The third-order valence-electron chi connectivity index (χ3n) is 4.34. The zero-order chi connectivity index (χ0) is 17.4. The smallest absolute Gasteiger partial charge is 0.245 e. The number of nitrogens with one attached hydrogen (secondary N) is 1. The number of aromatic nitrogens is 3. The Morgan fingerprint density at radius 2 is 1.88 bits per heavy atom. The van der Waals surface area contributed by atoms with Gasteiger partial charge in [0.25, 0.3) is 0 Å². The van der Waals surface area contributed by atoms with Gasteiger partial charge in [0, 0.05) is 55.8 Å². The highest BCUT2D eigenvalue weighted by Crippen LogP contribution is 2.26. The number of halogens is 1. The predicted octanol–water partition coefficient (Wildman–Crippen LogP) is 2.12. The van der Waals surface area contributed by atoms with Gasteiger partial charge in [-0.3, -0.25) is 0 Å². The lowest BCUT2D eigenvalue weighted by Gasteiger charge is -2.35. The molecule has 0 saturated carbocycles. The molecule has 3 aromatic heterocycles. The zero-order valence-corrected chi connectivity index (χ0v) is 14.8. The summed E-state index contributed by atoms with van der Waals surface area (Å²) in [5.74, 6) is 0. The third kappa shape index (κ3) is 2.97. The molecule has 7 nitrogen and oxygen atoms in total. The largest absolute Gasteiger partial charge is 0.369 e. The number of hydrogen-bond donors (Lipinski definition) is 1. The Bertz CT molecular complexity index is 1010. The second-order valence-corrected chi connectivity index (χ2v) is 8.07. The average Bonchev–Trinajstić information content (AvgIpc) is 3.07. The summed E-state index contributed by atoms with van der Waals surface area (Å²) >= 11 is 5.93. The molecule has 0 bridgehead atoms. The molecular weight excluding hydrogens is 362 g/mol. The molecule has 0 radical (unpaired) electrons. The maximum Gasteiger partial charge on any atom is 0.245 e. The first-order chi connectivity index (χ1) is 12.1. The Labute approximate surface area is 150 Å². The van der Waals surface area contributed by atoms with Gasteiger partial charge in [0.05, 0.1) is 0 Å². The molecular formula is C16H16ClN5O2S. The maximum atomic E-state index is 13.0. The summed E-state index contributed by atoms with van der Waals surface area (Å²) in [5, 5.41) is 1.05. The summed E-state index contributed by atoms with van der Waals surface area (Å²) in [6.07, 6.45) is 4.80. The van der Waals surface area contributed by atoms with Crippen molar-refractivity contribution in [2.45, 2.75) is 4.90 Å². The molecule has 130 valence electrons. The summed E-state index contributed by atoms with van der Waals surface area (Å²) in [6, 6.07) is 7.17. The molecule has 1 aliphatic heterocycles. The van der Waals surface area contributed by atoms with E-state index in [-0.39, 0.29) is 4.90 Å². The number of H-pyrrole nitrogens is 1. The van der Waals surface area contributed by atoms with Gasteiger partial charge in [0.1, 0.15) is 15.7 Å². The van der Waals surface area contributed by atoms with Crippen LogP contribution < -0.4 is 4.90 Å². The van der Waals surface area contributed by atoms with E-state index >= 15 is 0 Å². The van der Waals surface area contributed by atoms with Crippen LogP contribution in [-0.4, -0.2) is 53.9 Å². The van der Waals surface area contributed by atoms with E-state index in [1.807, 2.05) is 6.07 Å². The van der Waals surface area contributed by atoms with Crippen LogP contribution in [0.4, 0.5) is 5.69 Å². The molecule has 1 saturated heterocycles. The topological polar surface area (TPSA) is 82.2 Å². The summed E-state index contributed by atoms with van der Waals surface area (Å²) in [4.78, 5) is 13.4. The van der Waals surface area contributed by atoms with E-state index < -0.39 is 10.0 Å². The minimum Gasteiger partial charge on any atom is -0.369 e. The summed E-state index contributed by atoms with van der Waals surface area (Å²) in [5.41, 5.74) is 1.53. The number of rotatable bonds is 3. The molecule has 0 amide bonds. The van der Waals surface area contributed by atoms with Crippen molar-refractivity contribution in [1.82, 2.24) is 19.3 Å². The van der Waals surface area contributed by atoms with Crippen molar-refractivity contribution in [2.75, 3.05) is 31.1 Å². The standard InChI is InChI=1S/C16H16ClN5O2S/c17-15-10-12(3-5-18-15)21-6-8-22(9-7-21)25(23,24)14-11-20-16-13(14)2-1-4-19-16/h1-5,10-11H,6-9H2,(H,19,20). The Balaban J connectivity index is 1.55. The van der Waals surface area contributed by atoms with E-state index in [2.05, 4.69) is 19.9 Å². The van der Waals surface area contributed by atoms with Crippen LogP contribution >= 0.6 is 11.6 Å². The Morgan fingerprint density at radius 3 is 2.64 bits per heavy atom. The average molecular weight is 378 g/mol. The van der Waals surface area contributed by atoms with Crippen LogP contribution in [0.3, 0.4) is 0 Å². The highest BCUT2D eigenvalue weighted by Gasteiger charge is 2.30. The van der Waals surface area contributed by atoms with E-state index in [0.29, 0.717) is 42.4 Å². The second kappa shape index (κ2) is 6.29. The van der Waals surface area contributed by atoms with Crippen LogP contribution in [0.15, 0.2) is 47.8 Å². The number of nitrogens with zero attached hydrogens (tertiary/aromatic N) is 4. The van der Waals surface area contributed by atoms with Gasteiger partial charge < -0.3 is 9.88 Å². The van der Waals surface area contributed by atoms with Crippen molar-refractivity contribution in [3.8, 4) is 0 Å². The van der Waals surface area contributed by atoms with Crippen molar-refractivity contribution in [3.63, 3.8) is 0 Å². The van der Waals surface area contributed by atoms with E-state index in [1.165, 1.54) is 10.5 Å². The van der Waals surface area contributed by atoms with Crippen molar-refractivity contribution in [2.24, 2.45) is 0 Å².